The molecule has 1 saturated carbocycles. The highest BCUT2D eigenvalue weighted by atomic mass is 79.9. The van der Waals surface area contributed by atoms with Crippen LogP contribution in [0.4, 0.5) is 0 Å². The molecule has 0 bridgehead atoms. The van der Waals surface area contributed by atoms with Gasteiger partial charge in [-0.05, 0) is 36.8 Å². The SMILES string of the molecule is NNC(Cc1ccccc1Br)C1CCC1. The number of nitrogens with two attached hydrogens (primary N) is 1. The smallest absolute Gasteiger partial charge is 0.0279 e. The standard InChI is InChI=1S/C12H17BrN2/c13-11-7-2-1-4-10(11)8-12(15-14)9-5-3-6-9/h1-2,4,7,9,12,15H,3,5-6,8,14H2. The number of rotatable bonds is 4. The zero-order valence-corrected chi connectivity index (χ0v) is 10.3. The molecule has 1 aliphatic carbocycles. The maximum atomic E-state index is 5.62. The van der Waals surface area contributed by atoms with E-state index in [1.165, 1.54) is 29.3 Å². The molecular formula is C12H17BrN2. The molecule has 82 valence electrons. The predicted octanol–water partition coefficient (Wildman–Crippen LogP) is 2.62. The van der Waals surface area contributed by atoms with Gasteiger partial charge in [-0.2, -0.15) is 0 Å². The van der Waals surface area contributed by atoms with E-state index in [-0.39, 0.29) is 0 Å². The fraction of sp³-hybridized carbons (Fsp3) is 0.500. The molecule has 0 amide bonds. The van der Waals surface area contributed by atoms with Crippen LogP contribution >= 0.6 is 15.9 Å². The Labute approximate surface area is 99.3 Å². The van der Waals surface area contributed by atoms with Gasteiger partial charge in [-0.25, -0.2) is 0 Å². The van der Waals surface area contributed by atoms with Crippen molar-refractivity contribution in [3.8, 4) is 0 Å². The van der Waals surface area contributed by atoms with Gasteiger partial charge in [-0.15, -0.1) is 0 Å². The molecule has 1 atom stereocenters. The van der Waals surface area contributed by atoms with Gasteiger partial charge in [0.05, 0.1) is 0 Å². The van der Waals surface area contributed by atoms with Crippen molar-refractivity contribution in [1.82, 2.24) is 5.43 Å². The minimum Gasteiger partial charge on any atom is -0.271 e. The Morgan fingerprint density at radius 1 is 1.40 bits per heavy atom. The van der Waals surface area contributed by atoms with E-state index >= 15 is 0 Å². The average molecular weight is 269 g/mol. The van der Waals surface area contributed by atoms with Crippen molar-refractivity contribution in [2.24, 2.45) is 11.8 Å². The van der Waals surface area contributed by atoms with Crippen LogP contribution in [0, 0.1) is 5.92 Å². The van der Waals surface area contributed by atoms with E-state index in [2.05, 4.69) is 39.6 Å². The summed E-state index contributed by atoms with van der Waals surface area (Å²) in [6, 6.07) is 8.80. The van der Waals surface area contributed by atoms with Crippen LogP contribution < -0.4 is 11.3 Å². The van der Waals surface area contributed by atoms with Gasteiger partial charge in [0, 0.05) is 10.5 Å². The second-order valence-electron chi connectivity index (χ2n) is 4.26. The highest BCUT2D eigenvalue weighted by Crippen LogP contribution is 2.31. The van der Waals surface area contributed by atoms with Crippen molar-refractivity contribution >= 4 is 15.9 Å². The summed E-state index contributed by atoms with van der Waals surface area (Å²) >= 11 is 3.57. The summed E-state index contributed by atoms with van der Waals surface area (Å²) in [4.78, 5) is 0. The van der Waals surface area contributed by atoms with Gasteiger partial charge in [0.25, 0.3) is 0 Å². The monoisotopic (exact) mass is 268 g/mol. The van der Waals surface area contributed by atoms with Gasteiger partial charge in [0.1, 0.15) is 0 Å². The van der Waals surface area contributed by atoms with Crippen molar-refractivity contribution in [3.63, 3.8) is 0 Å². The van der Waals surface area contributed by atoms with E-state index < -0.39 is 0 Å². The highest BCUT2D eigenvalue weighted by Gasteiger charge is 2.26. The molecule has 3 N–H and O–H groups in total. The number of nitrogens with one attached hydrogen (secondary N) is 1. The number of hydrazine groups is 1. The minimum absolute atomic E-state index is 0.428. The molecule has 1 fully saturated rings. The van der Waals surface area contributed by atoms with Gasteiger partial charge < -0.3 is 0 Å². The van der Waals surface area contributed by atoms with Gasteiger partial charge in [0.2, 0.25) is 0 Å². The Balaban J connectivity index is 2.02. The highest BCUT2D eigenvalue weighted by molar-refractivity contribution is 9.10. The quantitative estimate of drug-likeness (QED) is 0.651. The Morgan fingerprint density at radius 3 is 2.67 bits per heavy atom. The molecule has 1 unspecified atom stereocenters. The van der Waals surface area contributed by atoms with Crippen molar-refractivity contribution in [3.05, 3.63) is 34.3 Å². The van der Waals surface area contributed by atoms with Crippen LogP contribution in [0.5, 0.6) is 0 Å². The molecule has 3 heteroatoms. The first-order valence-electron chi connectivity index (χ1n) is 5.51. The van der Waals surface area contributed by atoms with E-state index in [4.69, 9.17) is 5.84 Å². The topological polar surface area (TPSA) is 38.0 Å². The van der Waals surface area contributed by atoms with Crippen LogP contribution in [-0.2, 0) is 6.42 Å². The number of benzene rings is 1. The second kappa shape index (κ2) is 5.10. The van der Waals surface area contributed by atoms with Crippen molar-refractivity contribution < 1.29 is 0 Å². The maximum Gasteiger partial charge on any atom is 0.0279 e. The van der Waals surface area contributed by atoms with E-state index in [0.29, 0.717) is 6.04 Å². The summed E-state index contributed by atoms with van der Waals surface area (Å²) < 4.78 is 1.18. The lowest BCUT2D eigenvalue weighted by Crippen LogP contribution is -2.44. The van der Waals surface area contributed by atoms with Crippen molar-refractivity contribution in [1.29, 1.82) is 0 Å². The normalized spacial score (nSPS) is 18.5. The molecule has 2 nitrogen and oxygen atoms in total. The van der Waals surface area contributed by atoms with Crippen LogP contribution in [-0.4, -0.2) is 6.04 Å². The fourth-order valence-electron chi connectivity index (χ4n) is 2.10. The third-order valence-electron chi connectivity index (χ3n) is 3.33. The van der Waals surface area contributed by atoms with Gasteiger partial charge in [-0.3, -0.25) is 11.3 Å². The van der Waals surface area contributed by atoms with Crippen LogP contribution in [0.2, 0.25) is 0 Å². The first-order chi connectivity index (χ1) is 7.31. The van der Waals surface area contributed by atoms with Gasteiger partial charge in [0.15, 0.2) is 0 Å². The Morgan fingerprint density at radius 2 is 2.13 bits per heavy atom. The van der Waals surface area contributed by atoms with Gasteiger partial charge >= 0.3 is 0 Å². The van der Waals surface area contributed by atoms with E-state index in [1.54, 1.807) is 0 Å². The lowest BCUT2D eigenvalue weighted by molar-refractivity contribution is 0.228. The second-order valence-corrected chi connectivity index (χ2v) is 5.11. The lowest BCUT2D eigenvalue weighted by Gasteiger charge is -2.33. The molecule has 1 aliphatic rings. The summed E-state index contributed by atoms with van der Waals surface area (Å²) in [5.41, 5.74) is 4.30. The Kier molecular flexibility index (Phi) is 3.78. The van der Waals surface area contributed by atoms with E-state index in [1.807, 2.05) is 6.07 Å². The first-order valence-corrected chi connectivity index (χ1v) is 6.30. The molecule has 1 aromatic carbocycles. The maximum absolute atomic E-state index is 5.62. The summed E-state index contributed by atoms with van der Waals surface area (Å²) in [6.07, 6.45) is 5.01. The third-order valence-corrected chi connectivity index (χ3v) is 4.10. The first kappa shape index (κ1) is 11.1. The predicted molar refractivity (Wildman–Crippen MR) is 66.3 cm³/mol. The molecule has 0 aromatic heterocycles. The largest absolute Gasteiger partial charge is 0.271 e. The van der Waals surface area contributed by atoms with E-state index in [9.17, 15) is 0 Å². The van der Waals surface area contributed by atoms with Crippen molar-refractivity contribution in [2.75, 3.05) is 0 Å². The average Bonchev–Trinajstić information content (AvgIpc) is 2.17. The van der Waals surface area contributed by atoms with Gasteiger partial charge in [-0.1, -0.05) is 40.5 Å². The molecule has 0 radical (unpaired) electrons. The Hall–Kier alpha value is -0.380. The van der Waals surface area contributed by atoms with Crippen LogP contribution in [0.15, 0.2) is 28.7 Å². The molecule has 0 saturated heterocycles. The Bertz CT molecular complexity index is 323. The molecule has 15 heavy (non-hydrogen) atoms. The summed E-state index contributed by atoms with van der Waals surface area (Å²) in [7, 11) is 0. The van der Waals surface area contributed by atoms with Crippen LogP contribution in [0.1, 0.15) is 24.8 Å². The summed E-state index contributed by atoms with van der Waals surface area (Å²) in [6.45, 7) is 0. The third kappa shape index (κ3) is 2.60. The zero-order chi connectivity index (χ0) is 10.7. The summed E-state index contributed by atoms with van der Waals surface area (Å²) in [5.74, 6) is 6.38. The van der Waals surface area contributed by atoms with Crippen LogP contribution in [0.25, 0.3) is 0 Å². The minimum atomic E-state index is 0.428. The summed E-state index contributed by atoms with van der Waals surface area (Å²) in [5, 5.41) is 0. The number of halogens is 1. The lowest BCUT2D eigenvalue weighted by atomic mass is 9.78. The van der Waals surface area contributed by atoms with Crippen LogP contribution in [0.3, 0.4) is 0 Å². The number of hydrogen-bond acceptors (Lipinski definition) is 2. The van der Waals surface area contributed by atoms with E-state index in [0.717, 1.165) is 12.3 Å². The molecular weight excluding hydrogens is 252 g/mol. The van der Waals surface area contributed by atoms with Crippen molar-refractivity contribution in [2.45, 2.75) is 31.7 Å². The zero-order valence-electron chi connectivity index (χ0n) is 8.75. The molecule has 0 aliphatic heterocycles. The molecule has 0 spiro atoms. The molecule has 0 heterocycles. The fourth-order valence-corrected chi connectivity index (χ4v) is 2.55. The number of hydrogen-bond donors (Lipinski definition) is 2. The molecule has 2 rings (SSSR count). The molecule has 1 aromatic rings.